The predicted molar refractivity (Wildman–Crippen MR) is 84.8 cm³/mol. The van der Waals surface area contributed by atoms with Crippen LogP contribution in [0, 0.1) is 13.8 Å². The summed E-state index contributed by atoms with van der Waals surface area (Å²) in [5, 5.41) is 4.59. The van der Waals surface area contributed by atoms with Gasteiger partial charge < -0.3 is 4.98 Å². The number of aryl methyl sites for hydroxylation is 3. The fourth-order valence-electron chi connectivity index (χ4n) is 2.25. The van der Waals surface area contributed by atoms with Crippen LogP contribution in [0.3, 0.4) is 0 Å². The summed E-state index contributed by atoms with van der Waals surface area (Å²) in [4.78, 5) is 8.09. The lowest BCUT2D eigenvalue weighted by molar-refractivity contribution is 0.865. The lowest BCUT2D eigenvalue weighted by Gasteiger charge is -2.02. The molecular weight excluding hydrogens is 268 g/mol. The molecule has 0 amide bonds. The number of aromatic amines is 1. The lowest BCUT2D eigenvalue weighted by atomic mass is 10.2. The zero-order chi connectivity index (χ0) is 14.1. The second kappa shape index (κ2) is 5.32. The molecule has 3 rings (SSSR count). The van der Waals surface area contributed by atoms with Crippen molar-refractivity contribution in [3.05, 3.63) is 41.3 Å². The van der Waals surface area contributed by atoms with Crippen LogP contribution in [0.15, 0.2) is 24.3 Å². The number of aromatic nitrogens is 4. The number of nitrogens with zero attached hydrogens (tertiary/aromatic N) is 3. The van der Waals surface area contributed by atoms with Crippen molar-refractivity contribution >= 4 is 22.9 Å². The largest absolute Gasteiger partial charge is 0.339 e. The van der Waals surface area contributed by atoms with Crippen LogP contribution in [0.2, 0.25) is 0 Å². The minimum atomic E-state index is 0.919. The molecule has 0 aliphatic rings. The molecule has 0 aliphatic heterocycles. The number of thioether (sulfide) groups is 1. The Balaban J connectivity index is 2.06. The van der Waals surface area contributed by atoms with Gasteiger partial charge in [-0.2, -0.15) is 16.9 Å². The van der Waals surface area contributed by atoms with Crippen molar-refractivity contribution in [2.24, 2.45) is 0 Å². The molecule has 1 N–H and O–H groups in total. The highest BCUT2D eigenvalue weighted by molar-refractivity contribution is 7.98. The van der Waals surface area contributed by atoms with Gasteiger partial charge >= 0.3 is 0 Å². The van der Waals surface area contributed by atoms with Crippen LogP contribution in [0.25, 0.3) is 16.9 Å². The molecule has 0 unspecified atom stereocenters. The molecule has 0 saturated heterocycles. The molecule has 0 aliphatic carbocycles. The molecule has 1 aromatic carbocycles. The van der Waals surface area contributed by atoms with E-state index < -0.39 is 0 Å². The fraction of sp³-hybridized carbons (Fsp3) is 0.333. The molecule has 0 atom stereocenters. The molecular formula is C15H18N4S. The summed E-state index contributed by atoms with van der Waals surface area (Å²) in [5.41, 5.74) is 5.25. The van der Waals surface area contributed by atoms with E-state index in [2.05, 4.69) is 47.5 Å². The number of fused-ring (bicyclic) bond motifs is 1. The molecule has 0 radical (unpaired) electrons. The molecule has 2 heterocycles. The van der Waals surface area contributed by atoms with E-state index in [0.29, 0.717) is 0 Å². The second-order valence-corrected chi connectivity index (χ2v) is 5.94. The Morgan fingerprint density at radius 3 is 2.65 bits per heavy atom. The maximum absolute atomic E-state index is 4.70. The summed E-state index contributed by atoms with van der Waals surface area (Å²) in [5.74, 6) is 2.11. The maximum Gasteiger partial charge on any atom is 0.181 e. The topological polar surface area (TPSA) is 46.5 Å². The molecule has 2 aromatic heterocycles. The molecule has 20 heavy (non-hydrogen) atoms. The average molecular weight is 286 g/mol. The molecule has 5 heteroatoms. The third-order valence-corrected chi connectivity index (χ3v) is 3.98. The molecule has 0 saturated carbocycles. The zero-order valence-electron chi connectivity index (χ0n) is 12.0. The monoisotopic (exact) mass is 286 g/mol. The van der Waals surface area contributed by atoms with E-state index >= 15 is 0 Å². The van der Waals surface area contributed by atoms with Gasteiger partial charge in [0.05, 0.1) is 11.4 Å². The molecule has 4 nitrogen and oxygen atoms in total. The van der Waals surface area contributed by atoms with Gasteiger partial charge in [0.2, 0.25) is 0 Å². The SMILES string of the molecule is CSCCc1nc2c([nH]1)c(C)nn2-c1ccc(C)cc1. The minimum absolute atomic E-state index is 0.919. The number of H-pyrrole nitrogens is 1. The zero-order valence-corrected chi connectivity index (χ0v) is 12.8. The Labute approximate surface area is 122 Å². The Morgan fingerprint density at radius 2 is 1.95 bits per heavy atom. The second-order valence-electron chi connectivity index (χ2n) is 4.96. The van der Waals surface area contributed by atoms with Gasteiger partial charge in [0.1, 0.15) is 11.3 Å². The Bertz CT molecular complexity index is 724. The first-order valence-corrected chi connectivity index (χ1v) is 8.08. The van der Waals surface area contributed by atoms with E-state index in [9.17, 15) is 0 Å². The van der Waals surface area contributed by atoms with Gasteiger partial charge in [0.25, 0.3) is 0 Å². The van der Waals surface area contributed by atoms with Crippen molar-refractivity contribution < 1.29 is 0 Å². The van der Waals surface area contributed by atoms with Crippen molar-refractivity contribution in [1.82, 2.24) is 19.7 Å². The number of hydrogen-bond acceptors (Lipinski definition) is 3. The van der Waals surface area contributed by atoms with Gasteiger partial charge in [-0.15, -0.1) is 0 Å². The quantitative estimate of drug-likeness (QED) is 0.800. The summed E-state index contributed by atoms with van der Waals surface area (Å²) in [7, 11) is 0. The Kier molecular flexibility index (Phi) is 3.53. The average Bonchev–Trinajstić information content (AvgIpc) is 2.98. The maximum atomic E-state index is 4.70. The third kappa shape index (κ3) is 2.33. The van der Waals surface area contributed by atoms with E-state index in [0.717, 1.165) is 40.5 Å². The molecule has 0 fully saturated rings. The third-order valence-electron chi connectivity index (χ3n) is 3.37. The van der Waals surface area contributed by atoms with Crippen LogP contribution < -0.4 is 0 Å². The highest BCUT2D eigenvalue weighted by Crippen LogP contribution is 2.20. The van der Waals surface area contributed by atoms with Crippen LogP contribution in [-0.4, -0.2) is 31.8 Å². The predicted octanol–water partition coefficient (Wildman–Crippen LogP) is 3.27. The first kappa shape index (κ1) is 13.2. The summed E-state index contributed by atoms with van der Waals surface area (Å²) in [6.07, 6.45) is 3.07. The van der Waals surface area contributed by atoms with Gasteiger partial charge in [-0.3, -0.25) is 0 Å². The lowest BCUT2D eigenvalue weighted by Crippen LogP contribution is -1.98. The summed E-state index contributed by atoms with van der Waals surface area (Å²) < 4.78 is 1.92. The van der Waals surface area contributed by atoms with Gasteiger partial charge in [-0.1, -0.05) is 17.7 Å². The van der Waals surface area contributed by atoms with E-state index in [-0.39, 0.29) is 0 Å². The van der Waals surface area contributed by atoms with Gasteiger partial charge in [-0.25, -0.2) is 9.67 Å². The number of rotatable bonds is 4. The normalized spacial score (nSPS) is 11.3. The van der Waals surface area contributed by atoms with Crippen molar-refractivity contribution in [2.45, 2.75) is 20.3 Å². The molecule has 3 aromatic rings. The van der Waals surface area contributed by atoms with Gasteiger partial charge in [0, 0.05) is 12.2 Å². The van der Waals surface area contributed by atoms with Crippen molar-refractivity contribution in [3.63, 3.8) is 0 Å². The minimum Gasteiger partial charge on any atom is -0.339 e. The number of nitrogens with one attached hydrogen (secondary N) is 1. The number of imidazole rings is 1. The van der Waals surface area contributed by atoms with Crippen LogP contribution in [0.4, 0.5) is 0 Å². The van der Waals surface area contributed by atoms with Gasteiger partial charge in [-0.05, 0) is 32.2 Å². The van der Waals surface area contributed by atoms with E-state index in [1.165, 1.54) is 5.56 Å². The number of hydrogen-bond donors (Lipinski definition) is 1. The molecule has 104 valence electrons. The Hall–Kier alpha value is -1.75. The summed E-state index contributed by atoms with van der Waals surface area (Å²) >= 11 is 1.83. The summed E-state index contributed by atoms with van der Waals surface area (Å²) in [6, 6.07) is 8.36. The fourth-order valence-corrected chi connectivity index (χ4v) is 2.65. The first-order valence-electron chi connectivity index (χ1n) is 6.69. The molecule has 0 spiro atoms. The Morgan fingerprint density at radius 1 is 1.20 bits per heavy atom. The van der Waals surface area contributed by atoms with Crippen LogP contribution in [0.1, 0.15) is 17.1 Å². The van der Waals surface area contributed by atoms with E-state index in [1.54, 1.807) is 0 Å². The standard InChI is InChI=1S/C15H18N4S/c1-10-4-6-12(7-5-10)19-15-14(11(2)18-19)16-13(17-15)8-9-20-3/h4-7H,8-9H2,1-3H3,(H,16,17). The highest BCUT2D eigenvalue weighted by Gasteiger charge is 2.13. The van der Waals surface area contributed by atoms with Gasteiger partial charge in [0.15, 0.2) is 5.65 Å². The van der Waals surface area contributed by atoms with Crippen LogP contribution in [0.5, 0.6) is 0 Å². The summed E-state index contributed by atoms with van der Waals surface area (Å²) in [6.45, 7) is 4.10. The smallest absolute Gasteiger partial charge is 0.181 e. The highest BCUT2D eigenvalue weighted by atomic mass is 32.2. The van der Waals surface area contributed by atoms with Crippen molar-refractivity contribution in [1.29, 1.82) is 0 Å². The van der Waals surface area contributed by atoms with Crippen molar-refractivity contribution in [3.8, 4) is 5.69 Å². The van der Waals surface area contributed by atoms with Crippen LogP contribution in [-0.2, 0) is 6.42 Å². The van der Waals surface area contributed by atoms with Crippen LogP contribution >= 0.6 is 11.8 Å². The van der Waals surface area contributed by atoms with Crippen molar-refractivity contribution in [2.75, 3.05) is 12.0 Å². The number of benzene rings is 1. The van der Waals surface area contributed by atoms with E-state index in [4.69, 9.17) is 4.98 Å². The molecule has 0 bridgehead atoms. The van der Waals surface area contributed by atoms with E-state index in [1.807, 2.05) is 23.4 Å². The first-order chi connectivity index (χ1) is 9.69.